The van der Waals surface area contributed by atoms with Crippen molar-refractivity contribution in [3.63, 3.8) is 0 Å². The predicted molar refractivity (Wildman–Crippen MR) is 106 cm³/mol. The lowest BCUT2D eigenvalue weighted by atomic mass is 10.0. The van der Waals surface area contributed by atoms with Gasteiger partial charge in [0.05, 0.1) is 20.8 Å². The van der Waals surface area contributed by atoms with Gasteiger partial charge in [-0.3, -0.25) is 9.59 Å². The van der Waals surface area contributed by atoms with Crippen molar-refractivity contribution in [1.29, 1.82) is 0 Å². The minimum atomic E-state index is -4.41. The van der Waals surface area contributed by atoms with Crippen LogP contribution in [0.5, 0.6) is 0 Å². The molecule has 3 rings (SSSR count). The van der Waals surface area contributed by atoms with Crippen LogP contribution in [0.2, 0.25) is 0 Å². The van der Waals surface area contributed by atoms with Gasteiger partial charge in [-0.05, 0) is 37.0 Å². The maximum absolute atomic E-state index is 12.8. The van der Waals surface area contributed by atoms with Gasteiger partial charge in [-0.25, -0.2) is 4.98 Å². The van der Waals surface area contributed by atoms with Crippen molar-refractivity contribution < 1.29 is 22.8 Å². The van der Waals surface area contributed by atoms with Crippen LogP contribution in [0.4, 0.5) is 13.2 Å². The molecule has 1 aliphatic heterocycles. The normalized spacial score (nSPS) is 15.9. The Balaban J connectivity index is 1.61. The fraction of sp³-hybridized carbons (Fsp3) is 0.550. The molecule has 2 aromatic rings. The van der Waals surface area contributed by atoms with Crippen LogP contribution in [0.1, 0.15) is 43.7 Å². The highest BCUT2D eigenvalue weighted by Crippen LogP contribution is 2.33. The number of rotatable bonds is 6. The number of aromatic nitrogens is 1. The smallest absolute Gasteiger partial charge is 0.344 e. The van der Waals surface area contributed by atoms with E-state index in [2.05, 4.69) is 10.3 Å². The van der Waals surface area contributed by atoms with Gasteiger partial charge in [-0.1, -0.05) is 13.8 Å². The summed E-state index contributed by atoms with van der Waals surface area (Å²) in [6.45, 7) is 5.24. The molecule has 158 valence electrons. The summed E-state index contributed by atoms with van der Waals surface area (Å²) in [6.07, 6.45) is -2.00. The van der Waals surface area contributed by atoms with Crippen LogP contribution in [-0.4, -0.2) is 40.8 Å². The van der Waals surface area contributed by atoms with Gasteiger partial charge in [-0.15, -0.1) is 11.3 Å². The van der Waals surface area contributed by atoms with Gasteiger partial charge in [0, 0.05) is 25.9 Å². The van der Waals surface area contributed by atoms with Crippen LogP contribution in [0.3, 0.4) is 0 Å². The summed E-state index contributed by atoms with van der Waals surface area (Å²) in [5.74, 6) is -0.340. The van der Waals surface area contributed by atoms with E-state index >= 15 is 0 Å². The second-order valence-electron chi connectivity index (χ2n) is 7.61. The summed E-state index contributed by atoms with van der Waals surface area (Å²) < 4.78 is 39.1. The molecule has 1 atom stereocenters. The number of nitrogens with one attached hydrogen (secondary N) is 1. The van der Waals surface area contributed by atoms with Crippen LogP contribution in [0, 0.1) is 5.92 Å². The molecule has 2 amide bonds. The first-order chi connectivity index (χ1) is 13.6. The maximum Gasteiger partial charge on any atom is 0.416 e. The molecule has 1 aromatic heterocycles. The van der Waals surface area contributed by atoms with E-state index < -0.39 is 17.8 Å². The summed E-state index contributed by atoms with van der Waals surface area (Å²) in [6, 6.07) is 2.90. The Bertz CT molecular complexity index is 889. The van der Waals surface area contributed by atoms with E-state index in [9.17, 15) is 22.8 Å². The molecular formula is C20H24F3N3O2S. The summed E-state index contributed by atoms with van der Waals surface area (Å²) in [4.78, 5) is 31.1. The maximum atomic E-state index is 12.8. The Kier molecular flexibility index (Phi) is 6.45. The van der Waals surface area contributed by atoms with E-state index in [1.165, 1.54) is 17.4 Å². The van der Waals surface area contributed by atoms with Crippen molar-refractivity contribution in [2.75, 3.05) is 13.1 Å². The van der Waals surface area contributed by atoms with E-state index in [-0.39, 0.29) is 29.7 Å². The molecular weight excluding hydrogens is 403 g/mol. The average Bonchev–Trinajstić information content (AvgIpc) is 3.31. The number of fused-ring (bicyclic) bond motifs is 1. The van der Waals surface area contributed by atoms with Crippen molar-refractivity contribution in [3.8, 4) is 0 Å². The van der Waals surface area contributed by atoms with E-state index in [0.717, 1.165) is 38.1 Å². The number of nitrogens with zero attached hydrogens (tertiary/aromatic N) is 2. The third-order valence-corrected chi connectivity index (χ3v) is 6.09. The van der Waals surface area contributed by atoms with Crippen molar-refractivity contribution in [1.82, 2.24) is 15.2 Å². The molecule has 1 aromatic carbocycles. The lowest BCUT2D eigenvalue weighted by molar-refractivity contribution is -0.137. The molecule has 0 spiro atoms. The van der Waals surface area contributed by atoms with Crippen LogP contribution in [-0.2, 0) is 22.2 Å². The number of benzene rings is 1. The Morgan fingerprint density at radius 1 is 1.24 bits per heavy atom. The lowest BCUT2D eigenvalue weighted by Crippen LogP contribution is -2.50. The number of amides is 2. The minimum absolute atomic E-state index is 0.0321. The average molecular weight is 427 g/mol. The summed E-state index contributed by atoms with van der Waals surface area (Å²) in [7, 11) is 0. The van der Waals surface area contributed by atoms with E-state index in [4.69, 9.17) is 0 Å². The standard InChI is InChI=1S/C20H24F3N3O2S/c1-12(2)18(19(28)26-9-3-4-10-26)25-16(27)7-8-17-24-14-11-13(20(21,22)23)5-6-15(14)29-17/h5-6,11-12,18H,3-4,7-10H2,1-2H3,(H,25,27)/t18-/m0/s1. The predicted octanol–water partition coefficient (Wildman–Crippen LogP) is 4.01. The molecule has 0 bridgehead atoms. The number of halogens is 3. The number of hydrogen-bond acceptors (Lipinski definition) is 4. The summed E-state index contributed by atoms with van der Waals surface area (Å²) >= 11 is 1.28. The number of alkyl halides is 3. The third-order valence-electron chi connectivity index (χ3n) is 4.99. The highest BCUT2D eigenvalue weighted by Gasteiger charge is 2.31. The van der Waals surface area contributed by atoms with Crippen molar-refractivity contribution in [3.05, 3.63) is 28.8 Å². The Hall–Kier alpha value is -2.16. The van der Waals surface area contributed by atoms with Gasteiger partial charge < -0.3 is 10.2 Å². The molecule has 2 heterocycles. The van der Waals surface area contributed by atoms with E-state index in [0.29, 0.717) is 16.1 Å². The largest absolute Gasteiger partial charge is 0.416 e. The SMILES string of the molecule is CC(C)[C@H](NC(=O)CCc1nc2cc(C(F)(F)F)ccc2s1)C(=O)N1CCCC1. The second-order valence-corrected chi connectivity index (χ2v) is 8.72. The van der Waals surface area contributed by atoms with Gasteiger partial charge in [0.1, 0.15) is 6.04 Å². The first-order valence-electron chi connectivity index (χ1n) is 9.70. The number of likely N-dealkylation sites (tertiary alicyclic amines) is 1. The second kappa shape index (κ2) is 8.69. The molecule has 9 heteroatoms. The lowest BCUT2D eigenvalue weighted by Gasteiger charge is -2.26. The van der Waals surface area contributed by atoms with E-state index in [1.807, 2.05) is 13.8 Å². The van der Waals surface area contributed by atoms with Crippen LogP contribution in [0.15, 0.2) is 18.2 Å². The molecule has 0 radical (unpaired) electrons. The monoisotopic (exact) mass is 427 g/mol. The number of aryl methyl sites for hydroxylation is 1. The minimum Gasteiger partial charge on any atom is -0.344 e. The molecule has 29 heavy (non-hydrogen) atoms. The fourth-order valence-electron chi connectivity index (χ4n) is 3.37. The van der Waals surface area contributed by atoms with Crippen LogP contribution < -0.4 is 5.32 Å². The first-order valence-corrected chi connectivity index (χ1v) is 10.5. The van der Waals surface area contributed by atoms with Crippen LogP contribution >= 0.6 is 11.3 Å². The Morgan fingerprint density at radius 2 is 1.93 bits per heavy atom. The highest BCUT2D eigenvalue weighted by molar-refractivity contribution is 7.18. The van der Waals surface area contributed by atoms with E-state index in [1.54, 1.807) is 4.90 Å². The molecule has 0 unspecified atom stereocenters. The topological polar surface area (TPSA) is 62.3 Å². The molecule has 1 saturated heterocycles. The summed E-state index contributed by atoms with van der Waals surface area (Å²) in [5, 5.41) is 3.42. The zero-order chi connectivity index (χ0) is 21.2. The van der Waals surface area contributed by atoms with Gasteiger partial charge in [0.25, 0.3) is 0 Å². The van der Waals surface area contributed by atoms with Gasteiger partial charge in [0.2, 0.25) is 11.8 Å². The number of carbonyl (C=O) groups excluding carboxylic acids is 2. The van der Waals surface area contributed by atoms with Crippen molar-refractivity contribution in [2.24, 2.45) is 5.92 Å². The Morgan fingerprint density at radius 3 is 2.55 bits per heavy atom. The Labute approximate surface area is 171 Å². The van der Waals surface area contributed by atoms with Gasteiger partial charge in [0.15, 0.2) is 0 Å². The zero-order valence-electron chi connectivity index (χ0n) is 16.4. The van der Waals surface area contributed by atoms with Crippen molar-refractivity contribution in [2.45, 2.75) is 51.7 Å². The highest BCUT2D eigenvalue weighted by atomic mass is 32.1. The van der Waals surface area contributed by atoms with Gasteiger partial charge >= 0.3 is 6.18 Å². The number of carbonyl (C=O) groups is 2. The zero-order valence-corrected chi connectivity index (χ0v) is 17.2. The number of hydrogen-bond donors (Lipinski definition) is 1. The molecule has 1 N–H and O–H groups in total. The molecule has 1 aliphatic rings. The fourth-order valence-corrected chi connectivity index (χ4v) is 4.32. The molecule has 0 aliphatic carbocycles. The quantitative estimate of drug-likeness (QED) is 0.758. The molecule has 1 fully saturated rings. The van der Waals surface area contributed by atoms with Crippen molar-refractivity contribution >= 4 is 33.4 Å². The molecule has 0 saturated carbocycles. The van der Waals surface area contributed by atoms with Crippen LogP contribution in [0.25, 0.3) is 10.2 Å². The number of thiazole rings is 1. The van der Waals surface area contributed by atoms with Gasteiger partial charge in [-0.2, -0.15) is 13.2 Å². The summed E-state index contributed by atoms with van der Waals surface area (Å²) in [5.41, 5.74) is -0.454. The first kappa shape index (κ1) is 21.5. The molecule has 5 nitrogen and oxygen atoms in total. The third kappa shape index (κ3) is 5.26.